The Labute approximate surface area is 145 Å². The number of carbonyl (C=O) groups is 1. The second-order valence-electron chi connectivity index (χ2n) is 5.58. The van der Waals surface area contributed by atoms with Gasteiger partial charge in [0.05, 0.1) is 42.3 Å². The van der Waals surface area contributed by atoms with E-state index in [1.165, 1.54) is 0 Å². The van der Waals surface area contributed by atoms with E-state index in [0.717, 1.165) is 17.1 Å². The van der Waals surface area contributed by atoms with Gasteiger partial charge in [-0.05, 0) is 43.2 Å². The largest absolute Gasteiger partial charge is 0.379 e. The highest BCUT2D eigenvalue weighted by Gasteiger charge is 2.18. The van der Waals surface area contributed by atoms with Gasteiger partial charge in [0, 0.05) is 16.9 Å². The normalized spacial score (nSPS) is 13.5. The summed E-state index contributed by atoms with van der Waals surface area (Å²) in [5.74, 6) is 6.37. The summed E-state index contributed by atoms with van der Waals surface area (Å²) in [7, 11) is 0. The minimum Gasteiger partial charge on any atom is -0.379 e. The molecule has 3 rings (SSSR count). The van der Waals surface area contributed by atoms with Gasteiger partial charge < -0.3 is 9.30 Å². The van der Waals surface area contributed by atoms with E-state index in [1.807, 2.05) is 23.6 Å². The van der Waals surface area contributed by atoms with Crippen LogP contribution in [-0.2, 0) is 4.74 Å². The van der Waals surface area contributed by atoms with Gasteiger partial charge in [0.1, 0.15) is 0 Å². The smallest absolute Gasteiger partial charge is 0.179 e. The van der Waals surface area contributed by atoms with E-state index in [-0.39, 0.29) is 17.6 Å². The van der Waals surface area contributed by atoms with Gasteiger partial charge in [0.2, 0.25) is 0 Å². The molecule has 1 saturated heterocycles. The van der Waals surface area contributed by atoms with Gasteiger partial charge in [-0.2, -0.15) is 5.26 Å². The molecule has 1 aromatic carbocycles. The SMILES string of the molecule is Cc1c(C(=O)CCl)cc(C#CC2COC2)n1-c1ccc(C#N)cc1. The van der Waals surface area contributed by atoms with Crippen LogP contribution in [0.1, 0.15) is 27.3 Å². The number of hydrogen-bond acceptors (Lipinski definition) is 3. The monoisotopic (exact) mass is 338 g/mol. The molecule has 0 aliphatic carbocycles. The number of alkyl halides is 1. The molecule has 120 valence electrons. The number of hydrogen-bond donors (Lipinski definition) is 0. The first-order chi connectivity index (χ1) is 11.6. The third-order valence-electron chi connectivity index (χ3n) is 3.97. The van der Waals surface area contributed by atoms with Crippen molar-refractivity contribution < 1.29 is 9.53 Å². The number of carbonyl (C=O) groups excluding carboxylic acids is 1. The quantitative estimate of drug-likeness (QED) is 0.491. The lowest BCUT2D eigenvalue weighted by molar-refractivity contribution is -0.00301. The molecule has 0 bridgehead atoms. The highest BCUT2D eigenvalue weighted by atomic mass is 35.5. The van der Waals surface area contributed by atoms with Gasteiger partial charge in [-0.25, -0.2) is 0 Å². The summed E-state index contributed by atoms with van der Waals surface area (Å²) in [5, 5.41) is 8.95. The lowest BCUT2D eigenvalue weighted by atomic mass is 10.1. The molecule has 5 heteroatoms. The van der Waals surface area contributed by atoms with E-state index in [1.54, 1.807) is 18.2 Å². The summed E-state index contributed by atoms with van der Waals surface area (Å²) in [6.07, 6.45) is 0. The Hall–Kier alpha value is -2.53. The Morgan fingerprint density at radius 2 is 2.08 bits per heavy atom. The first-order valence-electron chi connectivity index (χ1n) is 7.55. The molecule has 1 aromatic heterocycles. The summed E-state index contributed by atoms with van der Waals surface area (Å²) >= 11 is 5.72. The standard InChI is InChI=1S/C19H15ClN2O2/c1-13-18(19(23)9-20)8-17(7-4-15-11-24-12-15)22(13)16-5-2-14(10-21)3-6-16/h2-3,5-6,8,15H,9,11-12H2,1H3. The van der Waals surface area contributed by atoms with Gasteiger partial charge in [-0.3, -0.25) is 4.79 Å². The molecule has 0 atom stereocenters. The molecule has 24 heavy (non-hydrogen) atoms. The number of halogens is 1. The highest BCUT2D eigenvalue weighted by Crippen LogP contribution is 2.22. The Balaban J connectivity index is 2.09. The van der Waals surface area contributed by atoms with Gasteiger partial charge in [0.25, 0.3) is 0 Å². The second-order valence-corrected chi connectivity index (χ2v) is 5.85. The zero-order valence-corrected chi connectivity index (χ0v) is 13.9. The fourth-order valence-electron chi connectivity index (χ4n) is 2.57. The Bertz CT molecular complexity index is 875. The molecule has 1 fully saturated rings. The van der Waals surface area contributed by atoms with Gasteiger partial charge in [0.15, 0.2) is 5.78 Å². The predicted molar refractivity (Wildman–Crippen MR) is 91.5 cm³/mol. The zero-order chi connectivity index (χ0) is 17.1. The van der Waals surface area contributed by atoms with Crippen LogP contribution in [-0.4, -0.2) is 29.4 Å². The van der Waals surface area contributed by atoms with Crippen LogP contribution >= 0.6 is 11.6 Å². The summed E-state index contributed by atoms with van der Waals surface area (Å²) in [6, 6.07) is 11.1. The van der Waals surface area contributed by atoms with Crippen molar-refractivity contribution in [1.82, 2.24) is 4.57 Å². The van der Waals surface area contributed by atoms with E-state index >= 15 is 0 Å². The van der Waals surface area contributed by atoms with Crippen molar-refractivity contribution in [1.29, 1.82) is 5.26 Å². The van der Waals surface area contributed by atoms with Crippen LogP contribution in [0.2, 0.25) is 0 Å². The van der Waals surface area contributed by atoms with Crippen molar-refractivity contribution in [3.63, 3.8) is 0 Å². The summed E-state index contributed by atoms with van der Waals surface area (Å²) < 4.78 is 7.06. The first-order valence-corrected chi connectivity index (χ1v) is 8.09. The number of Topliss-reactive ketones (excluding diaryl/α,β-unsaturated/α-hetero) is 1. The molecule has 2 heterocycles. The Kier molecular flexibility index (Phi) is 4.71. The molecule has 0 N–H and O–H groups in total. The number of ketones is 1. The van der Waals surface area contributed by atoms with Crippen molar-refractivity contribution in [3.8, 4) is 23.6 Å². The van der Waals surface area contributed by atoms with Crippen molar-refractivity contribution in [2.24, 2.45) is 5.92 Å². The fourth-order valence-corrected chi connectivity index (χ4v) is 2.71. The number of aromatic nitrogens is 1. The second kappa shape index (κ2) is 6.93. The molecule has 0 spiro atoms. The predicted octanol–water partition coefficient (Wildman–Crippen LogP) is 3.08. The van der Waals surface area contributed by atoms with Crippen LogP contribution in [0.4, 0.5) is 0 Å². The number of ether oxygens (including phenoxy) is 1. The lowest BCUT2D eigenvalue weighted by Gasteiger charge is -2.20. The van der Waals surface area contributed by atoms with Gasteiger partial charge in [-0.1, -0.05) is 5.92 Å². The number of rotatable bonds is 3. The third kappa shape index (κ3) is 3.08. The minimum atomic E-state index is -0.128. The maximum atomic E-state index is 12.1. The van der Waals surface area contributed by atoms with Crippen LogP contribution < -0.4 is 0 Å². The van der Waals surface area contributed by atoms with Gasteiger partial charge in [-0.15, -0.1) is 11.6 Å². The summed E-state index contributed by atoms with van der Waals surface area (Å²) in [5.41, 5.74) is 3.54. The fraction of sp³-hybridized carbons (Fsp3) is 0.263. The number of nitriles is 1. The summed E-state index contributed by atoms with van der Waals surface area (Å²) in [6.45, 7) is 3.17. The van der Waals surface area contributed by atoms with E-state index in [0.29, 0.717) is 24.3 Å². The zero-order valence-electron chi connectivity index (χ0n) is 13.2. The van der Waals surface area contributed by atoms with E-state index < -0.39 is 0 Å². The molecule has 1 aliphatic rings. The van der Waals surface area contributed by atoms with Crippen LogP contribution in [0.15, 0.2) is 30.3 Å². The average Bonchev–Trinajstić information content (AvgIpc) is 2.89. The van der Waals surface area contributed by atoms with E-state index in [4.69, 9.17) is 21.6 Å². The molecule has 0 unspecified atom stereocenters. The maximum Gasteiger partial charge on any atom is 0.179 e. The minimum absolute atomic E-state index is 0.0679. The molecule has 2 aromatic rings. The van der Waals surface area contributed by atoms with Crippen molar-refractivity contribution in [3.05, 3.63) is 52.8 Å². The van der Waals surface area contributed by atoms with E-state index in [9.17, 15) is 4.79 Å². The molecule has 0 amide bonds. The average molecular weight is 339 g/mol. The van der Waals surface area contributed by atoms with Crippen molar-refractivity contribution in [2.75, 3.05) is 19.1 Å². The Morgan fingerprint density at radius 3 is 2.62 bits per heavy atom. The molecule has 4 nitrogen and oxygen atoms in total. The van der Waals surface area contributed by atoms with Gasteiger partial charge >= 0.3 is 0 Å². The maximum absolute atomic E-state index is 12.1. The van der Waals surface area contributed by atoms with Crippen molar-refractivity contribution >= 4 is 17.4 Å². The van der Waals surface area contributed by atoms with Crippen LogP contribution in [0.25, 0.3) is 5.69 Å². The lowest BCUT2D eigenvalue weighted by Crippen LogP contribution is -2.25. The van der Waals surface area contributed by atoms with Crippen LogP contribution in [0.5, 0.6) is 0 Å². The number of benzene rings is 1. The Morgan fingerprint density at radius 1 is 1.38 bits per heavy atom. The third-order valence-corrected chi connectivity index (χ3v) is 4.21. The summed E-state index contributed by atoms with van der Waals surface area (Å²) in [4.78, 5) is 12.1. The molecule has 0 saturated carbocycles. The first kappa shape index (κ1) is 16.3. The van der Waals surface area contributed by atoms with E-state index in [2.05, 4.69) is 17.9 Å². The topological polar surface area (TPSA) is 55.0 Å². The molecular formula is C19H15ClN2O2. The highest BCUT2D eigenvalue weighted by molar-refractivity contribution is 6.30. The van der Waals surface area contributed by atoms with Crippen molar-refractivity contribution in [2.45, 2.75) is 6.92 Å². The molecule has 1 aliphatic heterocycles. The van der Waals surface area contributed by atoms with Crippen LogP contribution in [0.3, 0.4) is 0 Å². The number of nitrogens with zero attached hydrogens (tertiary/aromatic N) is 2. The molecular weight excluding hydrogens is 324 g/mol. The van der Waals surface area contributed by atoms with Crippen LogP contribution in [0, 0.1) is 36.0 Å². The molecule has 0 radical (unpaired) electrons.